The van der Waals surface area contributed by atoms with E-state index in [4.69, 9.17) is 9.47 Å². The highest BCUT2D eigenvalue weighted by Gasteiger charge is 2.19. The number of benzene rings is 1. The van der Waals surface area contributed by atoms with Gasteiger partial charge in [-0.25, -0.2) is 13.1 Å². The van der Waals surface area contributed by atoms with Crippen molar-refractivity contribution in [1.82, 2.24) is 4.72 Å². The number of methoxy groups -OCH3 is 2. The summed E-state index contributed by atoms with van der Waals surface area (Å²) in [6.07, 6.45) is 0. The molecule has 0 aromatic heterocycles. The third kappa shape index (κ3) is 5.00. The first-order valence-corrected chi connectivity index (χ1v) is 7.75. The lowest BCUT2D eigenvalue weighted by atomic mass is 10.3. The minimum Gasteiger partial charge on any atom is -0.495 e. The molecule has 0 bridgehead atoms. The van der Waals surface area contributed by atoms with Gasteiger partial charge in [-0.2, -0.15) is 0 Å². The second-order valence-corrected chi connectivity index (χ2v) is 6.23. The van der Waals surface area contributed by atoms with Crippen LogP contribution >= 0.6 is 0 Å². The fourth-order valence-corrected chi connectivity index (χ4v) is 2.99. The SMILES string of the molecule is COCC(C)NS(=O)(=O)c1ccc(NC(C)=O)c(OC)c1. The number of carbonyl (C=O) groups is 1. The number of sulfonamides is 1. The second-order valence-electron chi connectivity index (χ2n) is 4.52. The topological polar surface area (TPSA) is 93.7 Å². The zero-order valence-electron chi connectivity index (χ0n) is 12.5. The molecule has 1 atom stereocenters. The number of nitrogens with one attached hydrogen (secondary N) is 2. The summed E-state index contributed by atoms with van der Waals surface area (Å²) in [7, 11) is -0.785. The average Bonchev–Trinajstić information content (AvgIpc) is 2.37. The van der Waals surface area contributed by atoms with Gasteiger partial charge >= 0.3 is 0 Å². The lowest BCUT2D eigenvalue weighted by Crippen LogP contribution is -2.35. The largest absolute Gasteiger partial charge is 0.495 e. The van der Waals surface area contributed by atoms with E-state index in [0.29, 0.717) is 5.69 Å². The molecule has 0 saturated carbocycles. The van der Waals surface area contributed by atoms with Crippen molar-refractivity contribution in [2.24, 2.45) is 0 Å². The fourth-order valence-electron chi connectivity index (χ4n) is 1.75. The maximum atomic E-state index is 12.2. The normalized spacial score (nSPS) is 12.8. The van der Waals surface area contributed by atoms with Crippen LogP contribution in [0.3, 0.4) is 0 Å². The van der Waals surface area contributed by atoms with Gasteiger partial charge in [-0.05, 0) is 19.1 Å². The van der Waals surface area contributed by atoms with Crippen molar-refractivity contribution >= 4 is 21.6 Å². The second kappa shape index (κ2) is 7.39. The Kier molecular flexibility index (Phi) is 6.13. The maximum absolute atomic E-state index is 12.2. The lowest BCUT2D eigenvalue weighted by Gasteiger charge is -2.15. The van der Waals surface area contributed by atoms with E-state index >= 15 is 0 Å². The van der Waals surface area contributed by atoms with Crippen LogP contribution in [-0.4, -0.2) is 41.2 Å². The fraction of sp³-hybridized carbons (Fsp3) is 0.462. The van der Waals surface area contributed by atoms with Gasteiger partial charge in [-0.15, -0.1) is 0 Å². The molecule has 1 unspecified atom stereocenters. The van der Waals surface area contributed by atoms with Crippen molar-refractivity contribution in [3.05, 3.63) is 18.2 Å². The highest BCUT2D eigenvalue weighted by Crippen LogP contribution is 2.27. The van der Waals surface area contributed by atoms with Crippen molar-refractivity contribution in [3.8, 4) is 5.75 Å². The van der Waals surface area contributed by atoms with Crippen molar-refractivity contribution in [3.63, 3.8) is 0 Å². The molecule has 118 valence electrons. The minimum atomic E-state index is -3.68. The van der Waals surface area contributed by atoms with Crippen LogP contribution in [-0.2, 0) is 19.6 Å². The van der Waals surface area contributed by atoms with Gasteiger partial charge in [0, 0.05) is 26.1 Å². The van der Waals surface area contributed by atoms with Crippen LogP contribution in [0, 0.1) is 0 Å². The maximum Gasteiger partial charge on any atom is 0.241 e. The molecular formula is C13H20N2O5S. The Balaban J connectivity index is 3.05. The minimum absolute atomic E-state index is 0.0522. The molecule has 1 aromatic carbocycles. The van der Waals surface area contributed by atoms with E-state index in [0.717, 1.165) is 0 Å². The van der Waals surface area contributed by atoms with Crippen LogP contribution in [0.5, 0.6) is 5.75 Å². The molecule has 0 aliphatic carbocycles. The summed E-state index contributed by atoms with van der Waals surface area (Å²) < 4.78 is 36.9. The average molecular weight is 316 g/mol. The molecule has 1 rings (SSSR count). The van der Waals surface area contributed by atoms with Crippen LogP contribution in [0.1, 0.15) is 13.8 Å². The molecule has 2 N–H and O–H groups in total. The van der Waals surface area contributed by atoms with Gasteiger partial charge in [-0.1, -0.05) is 0 Å². The van der Waals surface area contributed by atoms with E-state index in [1.54, 1.807) is 6.92 Å². The Labute approximate surface area is 124 Å². The Hall–Kier alpha value is -1.64. The summed E-state index contributed by atoms with van der Waals surface area (Å²) in [5.74, 6) is 0.00298. The van der Waals surface area contributed by atoms with E-state index in [-0.39, 0.29) is 29.2 Å². The van der Waals surface area contributed by atoms with Crippen LogP contribution in [0.25, 0.3) is 0 Å². The van der Waals surface area contributed by atoms with E-state index in [1.165, 1.54) is 39.3 Å². The molecule has 1 aromatic rings. The molecule has 8 heteroatoms. The number of hydrogen-bond acceptors (Lipinski definition) is 5. The van der Waals surface area contributed by atoms with Crippen LogP contribution in [0.4, 0.5) is 5.69 Å². The summed E-state index contributed by atoms with van der Waals surface area (Å²) in [5, 5.41) is 2.56. The molecule has 0 fully saturated rings. The molecule has 1 amide bonds. The van der Waals surface area contributed by atoms with Gasteiger partial charge in [0.25, 0.3) is 0 Å². The van der Waals surface area contributed by atoms with Crippen LogP contribution < -0.4 is 14.8 Å². The zero-order valence-corrected chi connectivity index (χ0v) is 13.3. The Morgan fingerprint density at radius 1 is 1.33 bits per heavy atom. The summed E-state index contributed by atoms with van der Waals surface area (Å²) >= 11 is 0. The number of hydrogen-bond donors (Lipinski definition) is 2. The molecule has 0 radical (unpaired) electrons. The first-order chi connectivity index (χ1) is 9.80. The molecule has 0 aliphatic rings. The van der Waals surface area contributed by atoms with Gasteiger partial charge < -0.3 is 14.8 Å². The van der Waals surface area contributed by atoms with Crippen molar-refractivity contribution in [1.29, 1.82) is 0 Å². The lowest BCUT2D eigenvalue weighted by molar-refractivity contribution is -0.114. The number of carbonyl (C=O) groups excluding carboxylic acids is 1. The third-order valence-corrected chi connectivity index (χ3v) is 4.15. The smallest absolute Gasteiger partial charge is 0.241 e. The summed E-state index contributed by atoms with van der Waals surface area (Å²) in [5.41, 5.74) is 0.411. The van der Waals surface area contributed by atoms with Gasteiger partial charge in [-0.3, -0.25) is 4.79 Å². The number of amides is 1. The monoisotopic (exact) mass is 316 g/mol. The predicted molar refractivity (Wildman–Crippen MR) is 79.0 cm³/mol. The van der Waals surface area contributed by atoms with Gasteiger partial charge in [0.1, 0.15) is 5.75 Å². The van der Waals surface area contributed by atoms with E-state index in [9.17, 15) is 13.2 Å². The summed E-state index contributed by atoms with van der Waals surface area (Å²) in [6.45, 7) is 3.32. The van der Waals surface area contributed by atoms with E-state index in [1.807, 2.05) is 0 Å². The quantitative estimate of drug-likeness (QED) is 0.781. The number of anilines is 1. The Morgan fingerprint density at radius 3 is 2.52 bits per heavy atom. The molecule has 0 spiro atoms. The molecule has 21 heavy (non-hydrogen) atoms. The third-order valence-electron chi connectivity index (χ3n) is 2.57. The number of rotatable bonds is 7. The highest BCUT2D eigenvalue weighted by atomic mass is 32.2. The molecule has 7 nitrogen and oxygen atoms in total. The summed E-state index contributed by atoms with van der Waals surface area (Å²) in [6, 6.07) is 3.87. The Morgan fingerprint density at radius 2 is 2.00 bits per heavy atom. The van der Waals surface area contributed by atoms with Gasteiger partial charge in [0.15, 0.2) is 0 Å². The summed E-state index contributed by atoms with van der Waals surface area (Å²) in [4.78, 5) is 11.1. The van der Waals surface area contributed by atoms with E-state index in [2.05, 4.69) is 10.0 Å². The van der Waals surface area contributed by atoms with Crippen molar-refractivity contribution < 1.29 is 22.7 Å². The van der Waals surface area contributed by atoms with Gasteiger partial charge in [0.05, 0.1) is 24.3 Å². The van der Waals surface area contributed by atoms with Crippen molar-refractivity contribution in [2.45, 2.75) is 24.8 Å². The molecule has 0 heterocycles. The van der Waals surface area contributed by atoms with Crippen LogP contribution in [0.2, 0.25) is 0 Å². The van der Waals surface area contributed by atoms with Gasteiger partial charge in [0.2, 0.25) is 15.9 Å². The van der Waals surface area contributed by atoms with Crippen LogP contribution in [0.15, 0.2) is 23.1 Å². The Bertz CT molecular complexity index is 601. The molecular weight excluding hydrogens is 296 g/mol. The first kappa shape index (κ1) is 17.4. The highest BCUT2D eigenvalue weighted by molar-refractivity contribution is 7.89. The zero-order chi connectivity index (χ0) is 16.0. The van der Waals surface area contributed by atoms with Crippen molar-refractivity contribution in [2.75, 3.05) is 26.1 Å². The molecule has 0 saturated heterocycles. The standard InChI is InChI=1S/C13H20N2O5S/c1-9(8-19-3)15-21(17,18)11-5-6-12(14-10(2)16)13(7-11)20-4/h5-7,9,15H,8H2,1-4H3,(H,14,16). The number of ether oxygens (including phenoxy) is 2. The predicted octanol–water partition coefficient (Wildman–Crippen LogP) is 0.967. The van der Waals surface area contributed by atoms with E-state index < -0.39 is 10.0 Å². The first-order valence-electron chi connectivity index (χ1n) is 6.27. The molecule has 0 aliphatic heterocycles.